The van der Waals surface area contributed by atoms with Crippen molar-refractivity contribution < 1.29 is 27.5 Å². The Balaban J connectivity index is 1.69. The predicted octanol–water partition coefficient (Wildman–Crippen LogP) is 1.18. The van der Waals surface area contributed by atoms with Gasteiger partial charge in [0.05, 0.1) is 24.6 Å². The van der Waals surface area contributed by atoms with Gasteiger partial charge in [0.25, 0.3) is 0 Å². The summed E-state index contributed by atoms with van der Waals surface area (Å²) in [5.41, 5.74) is -0.114. The smallest absolute Gasteiger partial charge is 0.401 e. The molecule has 1 aliphatic heterocycles. The first-order valence-electron chi connectivity index (χ1n) is 7.58. The van der Waals surface area contributed by atoms with Crippen molar-refractivity contribution in [2.24, 2.45) is 0 Å². The predicted molar refractivity (Wildman–Crippen MR) is 80.8 cm³/mol. The summed E-state index contributed by atoms with van der Waals surface area (Å²) in [5, 5.41) is 15.8. The van der Waals surface area contributed by atoms with Crippen LogP contribution in [0, 0.1) is 5.82 Å². The van der Waals surface area contributed by atoms with Crippen LogP contribution in [0.25, 0.3) is 5.69 Å². The normalized spacial score (nSPS) is 16.1. The van der Waals surface area contributed by atoms with Gasteiger partial charge < -0.3 is 10.0 Å². The average Bonchev–Trinajstić information content (AvgIpc) is 3.04. The van der Waals surface area contributed by atoms with E-state index in [0.29, 0.717) is 0 Å². The topological polar surface area (TPSA) is 87.4 Å². The molecule has 1 fully saturated rings. The lowest BCUT2D eigenvalue weighted by atomic mass is 10.3. The molecule has 2 aromatic rings. The number of carbonyl (C=O) groups is 1. The first kappa shape index (κ1) is 18.0. The molecule has 140 valence electrons. The summed E-state index contributed by atoms with van der Waals surface area (Å²) in [4.78, 5) is 17.6. The van der Waals surface area contributed by atoms with Crippen LogP contribution in [0.4, 0.5) is 23.4 Å². The van der Waals surface area contributed by atoms with Gasteiger partial charge in [-0.3, -0.25) is 4.90 Å². The van der Waals surface area contributed by atoms with Crippen LogP contribution in [0.2, 0.25) is 0 Å². The molecule has 0 unspecified atom stereocenters. The molecule has 26 heavy (non-hydrogen) atoms. The Morgan fingerprint density at radius 2 is 1.92 bits per heavy atom. The van der Waals surface area contributed by atoms with E-state index in [4.69, 9.17) is 5.11 Å². The highest BCUT2D eigenvalue weighted by Crippen LogP contribution is 2.22. The molecule has 2 aromatic heterocycles. The van der Waals surface area contributed by atoms with Crippen LogP contribution in [0.15, 0.2) is 18.5 Å². The van der Waals surface area contributed by atoms with E-state index in [0.717, 1.165) is 16.9 Å². The Morgan fingerprint density at radius 3 is 2.46 bits per heavy atom. The molecule has 0 bridgehead atoms. The van der Waals surface area contributed by atoms with E-state index in [2.05, 4.69) is 15.3 Å². The minimum Gasteiger partial charge on any atom is -0.476 e. The molecular formula is C14H14F4N6O2. The van der Waals surface area contributed by atoms with Gasteiger partial charge in [0.1, 0.15) is 0 Å². The van der Waals surface area contributed by atoms with Gasteiger partial charge in [-0.2, -0.15) is 13.2 Å². The number of pyridine rings is 1. The molecule has 0 atom stereocenters. The fourth-order valence-corrected chi connectivity index (χ4v) is 2.64. The number of hydrogen-bond donors (Lipinski definition) is 1. The summed E-state index contributed by atoms with van der Waals surface area (Å²) in [6.07, 6.45) is -1.85. The Kier molecular flexibility index (Phi) is 4.76. The Morgan fingerprint density at radius 1 is 1.23 bits per heavy atom. The van der Waals surface area contributed by atoms with E-state index >= 15 is 0 Å². The van der Waals surface area contributed by atoms with Crippen LogP contribution in [0.3, 0.4) is 0 Å². The summed E-state index contributed by atoms with van der Waals surface area (Å²) < 4.78 is 52.7. The average molecular weight is 374 g/mol. The third-order valence-corrected chi connectivity index (χ3v) is 3.86. The Bertz CT molecular complexity index is 801. The molecule has 3 heterocycles. The molecular weight excluding hydrogens is 360 g/mol. The van der Waals surface area contributed by atoms with E-state index < -0.39 is 24.5 Å². The Labute approximate surface area is 144 Å². The van der Waals surface area contributed by atoms with Crippen LogP contribution >= 0.6 is 0 Å². The molecule has 0 amide bonds. The van der Waals surface area contributed by atoms with Gasteiger partial charge in [-0.05, 0) is 0 Å². The summed E-state index contributed by atoms with van der Waals surface area (Å²) in [6, 6.07) is 1.12. The van der Waals surface area contributed by atoms with Gasteiger partial charge in [0.2, 0.25) is 0 Å². The molecule has 1 aliphatic rings. The lowest BCUT2D eigenvalue weighted by Crippen LogP contribution is -2.49. The van der Waals surface area contributed by atoms with E-state index in [1.807, 2.05) is 0 Å². The highest BCUT2D eigenvalue weighted by Gasteiger charge is 2.32. The summed E-state index contributed by atoms with van der Waals surface area (Å²) in [7, 11) is 0. The van der Waals surface area contributed by atoms with Crippen LogP contribution in [0.1, 0.15) is 10.5 Å². The minimum atomic E-state index is -4.26. The lowest BCUT2D eigenvalue weighted by Gasteiger charge is -2.35. The maximum Gasteiger partial charge on any atom is 0.401 e. The molecule has 1 saturated heterocycles. The number of anilines is 1. The molecule has 0 spiro atoms. The third kappa shape index (κ3) is 4.07. The first-order valence-corrected chi connectivity index (χ1v) is 7.58. The number of alkyl halides is 3. The largest absolute Gasteiger partial charge is 0.476 e. The van der Waals surface area contributed by atoms with Gasteiger partial charge in [0.15, 0.2) is 17.3 Å². The number of piperazine rings is 1. The molecule has 0 radical (unpaired) electrons. The van der Waals surface area contributed by atoms with Gasteiger partial charge in [-0.15, -0.1) is 5.10 Å². The zero-order valence-corrected chi connectivity index (χ0v) is 13.3. The molecule has 1 N–H and O–H groups in total. The molecule has 3 rings (SSSR count). The number of carboxylic acid groups (broad SMARTS) is 1. The highest BCUT2D eigenvalue weighted by atomic mass is 19.4. The number of aromatic carboxylic acids is 1. The van der Waals surface area contributed by atoms with Gasteiger partial charge >= 0.3 is 12.1 Å². The lowest BCUT2D eigenvalue weighted by molar-refractivity contribution is -0.146. The summed E-state index contributed by atoms with van der Waals surface area (Å²) in [5.74, 6) is -1.92. The number of hydrogen-bond acceptors (Lipinski definition) is 6. The number of carboxylic acids is 1. The van der Waals surface area contributed by atoms with Crippen molar-refractivity contribution >= 4 is 11.8 Å². The van der Waals surface area contributed by atoms with E-state index in [1.165, 1.54) is 11.1 Å². The maximum absolute atomic E-state index is 14.4. The number of rotatable bonds is 4. The molecule has 0 aliphatic carbocycles. The third-order valence-electron chi connectivity index (χ3n) is 3.86. The standard InChI is InChI=1S/C14H14F4N6O2/c15-10-5-9(24-7-11(13(25)26)20-21-24)6-19-12(10)23-3-1-22(2-4-23)8-14(16,17)18/h5-7H,1-4,8H2,(H,25,26). The van der Waals surface area contributed by atoms with Crippen LogP contribution in [-0.4, -0.2) is 74.9 Å². The SMILES string of the molecule is O=C(O)c1cn(-c2cnc(N3CCN(CC(F)(F)F)CC3)c(F)c2)nn1. The summed E-state index contributed by atoms with van der Waals surface area (Å²) in [6.45, 7) is -0.271. The molecule has 0 aromatic carbocycles. The van der Waals surface area contributed by atoms with Crippen molar-refractivity contribution in [3.63, 3.8) is 0 Å². The summed E-state index contributed by atoms with van der Waals surface area (Å²) >= 11 is 0. The van der Waals surface area contributed by atoms with Crippen molar-refractivity contribution in [3.05, 3.63) is 30.0 Å². The fourth-order valence-electron chi connectivity index (χ4n) is 2.64. The van der Waals surface area contributed by atoms with Gasteiger partial charge in [-0.1, -0.05) is 5.21 Å². The molecule has 12 heteroatoms. The highest BCUT2D eigenvalue weighted by molar-refractivity contribution is 5.84. The number of halogens is 4. The second-order valence-corrected chi connectivity index (χ2v) is 5.73. The minimum absolute atomic E-state index is 0.0268. The maximum atomic E-state index is 14.4. The quantitative estimate of drug-likeness (QED) is 0.805. The molecule has 8 nitrogen and oxygen atoms in total. The first-order chi connectivity index (χ1) is 12.2. The second-order valence-electron chi connectivity index (χ2n) is 5.73. The van der Waals surface area contributed by atoms with Crippen LogP contribution < -0.4 is 4.90 Å². The fraction of sp³-hybridized carbons (Fsp3) is 0.429. The van der Waals surface area contributed by atoms with Gasteiger partial charge in [-0.25, -0.2) is 18.9 Å². The second kappa shape index (κ2) is 6.86. The van der Waals surface area contributed by atoms with Crippen molar-refractivity contribution in [1.82, 2.24) is 24.9 Å². The van der Waals surface area contributed by atoms with Crippen molar-refractivity contribution in [2.45, 2.75) is 6.18 Å². The van der Waals surface area contributed by atoms with Gasteiger partial charge in [0, 0.05) is 32.2 Å². The van der Waals surface area contributed by atoms with Crippen LogP contribution in [-0.2, 0) is 0 Å². The van der Waals surface area contributed by atoms with E-state index in [9.17, 15) is 22.4 Å². The number of aromatic nitrogens is 4. The Hall–Kier alpha value is -2.76. The monoisotopic (exact) mass is 374 g/mol. The zero-order chi connectivity index (χ0) is 18.9. The van der Waals surface area contributed by atoms with Crippen molar-refractivity contribution in [2.75, 3.05) is 37.6 Å². The van der Waals surface area contributed by atoms with E-state index in [-0.39, 0.29) is 43.4 Å². The zero-order valence-electron chi connectivity index (χ0n) is 13.3. The number of nitrogens with zero attached hydrogens (tertiary/aromatic N) is 6. The van der Waals surface area contributed by atoms with E-state index in [1.54, 1.807) is 4.90 Å². The van der Waals surface area contributed by atoms with Crippen molar-refractivity contribution in [3.8, 4) is 5.69 Å². The van der Waals surface area contributed by atoms with Crippen LogP contribution in [0.5, 0.6) is 0 Å². The molecule has 0 saturated carbocycles. The van der Waals surface area contributed by atoms with Crippen molar-refractivity contribution in [1.29, 1.82) is 0 Å².